The number of nitrogens with one attached hydrogen (secondary N) is 1. The molecule has 2 aromatic rings. The number of benzene rings is 1. The van der Waals surface area contributed by atoms with E-state index in [-0.39, 0.29) is 29.8 Å². The van der Waals surface area contributed by atoms with Crippen molar-refractivity contribution in [1.82, 2.24) is 9.88 Å². The summed E-state index contributed by atoms with van der Waals surface area (Å²) in [6.45, 7) is 1.57. The molecule has 1 aliphatic rings. The van der Waals surface area contributed by atoms with Gasteiger partial charge in [-0.15, -0.1) is 24.0 Å². The van der Waals surface area contributed by atoms with Crippen LogP contribution < -0.4 is 11.1 Å². The minimum absolute atomic E-state index is 0. The summed E-state index contributed by atoms with van der Waals surface area (Å²) >= 11 is 0. The largest absolute Gasteiger partial charge is 0.370 e. The van der Waals surface area contributed by atoms with Crippen molar-refractivity contribution < 1.29 is 4.39 Å². The lowest BCUT2D eigenvalue weighted by Crippen LogP contribution is -2.34. The summed E-state index contributed by atoms with van der Waals surface area (Å²) in [5, 5.41) is 4.26. The van der Waals surface area contributed by atoms with E-state index in [1.807, 2.05) is 23.9 Å². The molecular weight excluding hydrogens is 406 g/mol. The van der Waals surface area contributed by atoms with Crippen molar-refractivity contribution in [1.29, 1.82) is 0 Å². The molecule has 3 N–H and O–H groups in total. The summed E-state index contributed by atoms with van der Waals surface area (Å²) in [5.41, 5.74) is 8.00. The average Bonchev–Trinajstić information content (AvgIpc) is 2.73. The van der Waals surface area contributed by atoms with E-state index < -0.39 is 0 Å². The molecule has 1 heterocycles. The minimum atomic E-state index is -0.203. The van der Waals surface area contributed by atoms with Gasteiger partial charge in [0.2, 0.25) is 0 Å². The minimum Gasteiger partial charge on any atom is -0.370 e. The van der Waals surface area contributed by atoms with Gasteiger partial charge in [-0.2, -0.15) is 0 Å². The lowest BCUT2D eigenvalue weighted by atomic mass is 9.86. The number of aryl methyl sites for hydroxylation is 1. The Bertz CT molecular complexity index is 691. The van der Waals surface area contributed by atoms with E-state index in [9.17, 15) is 4.39 Å². The van der Waals surface area contributed by atoms with Crippen LogP contribution in [-0.2, 0) is 13.5 Å². The zero-order valence-corrected chi connectivity index (χ0v) is 15.7. The maximum atomic E-state index is 13.3. The van der Waals surface area contributed by atoms with Crippen molar-refractivity contribution in [3.8, 4) is 0 Å². The van der Waals surface area contributed by atoms with Crippen LogP contribution in [0.25, 0.3) is 10.9 Å². The second-order valence-electron chi connectivity index (χ2n) is 6.13. The molecule has 1 aliphatic carbocycles. The van der Waals surface area contributed by atoms with Crippen LogP contribution in [-0.4, -0.2) is 23.6 Å². The van der Waals surface area contributed by atoms with Crippen LogP contribution in [0.2, 0.25) is 0 Å². The first-order chi connectivity index (χ1) is 10.6. The molecule has 0 spiro atoms. The van der Waals surface area contributed by atoms with Gasteiger partial charge in [-0.05, 0) is 48.9 Å². The fraction of sp³-hybridized carbons (Fsp3) is 0.471. The van der Waals surface area contributed by atoms with E-state index in [0.717, 1.165) is 36.3 Å². The fourth-order valence-corrected chi connectivity index (χ4v) is 2.92. The SMILES string of the molecule is Cn1cc(CCNC(N)=NCC2CCC2)c2ccc(F)cc21.I. The third-order valence-corrected chi connectivity index (χ3v) is 4.48. The maximum absolute atomic E-state index is 13.3. The van der Waals surface area contributed by atoms with Crippen molar-refractivity contribution in [2.75, 3.05) is 13.1 Å². The second-order valence-corrected chi connectivity index (χ2v) is 6.13. The normalized spacial score (nSPS) is 15.3. The van der Waals surface area contributed by atoms with Crippen LogP contribution >= 0.6 is 24.0 Å². The Kier molecular flexibility index (Phi) is 6.26. The number of aliphatic imine (C=N–C) groups is 1. The number of nitrogens with zero attached hydrogens (tertiary/aromatic N) is 2. The van der Waals surface area contributed by atoms with Crippen LogP contribution in [0.3, 0.4) is 0 Å². The Morgan fingerprint density at radius 3 is 2.91 bits per heavy atom. The summed E-state index contributed by atoms with van der Waals surface area (Å²) in [6.07, 6.45) is 6.78. The first kappa shape index (κ1) is 18.0. The lowest BCUT2D eigenvalue weighted by molar-refractivity contribution is 0.326. The van der Waals surface area contributed by atoms with Crippen molar-refractivity contribution in [3.63, 3.8) is 0 Å². The van der Waals surface area contributed by atoms with Gasteiger partial charge in [0.1, 0.15) is 5.82 Å². The van der Waals surface area contributed by atoms with E-state index in [1.54, 1.807) is 6.07 Å². The Morgan fingerprint density at radius 2 is 2.22 bits per heavy atom. The predicted octanol–water partition coefficient (Wildman–Crippen LogP) is 3.18. The third kappa shape index (κ3) is 4.37. The highest BCUT2D eigenvalue weighted by molar-refractivity contribution is 14.0. The van der Waals surface area contributed by atoms with E-state index >= 15 is 0 Å². The molecule has 0 radical (unpaired) electrons. The molecule has 0 atom stereocenters. The Hall–Kier alpha value is -1.31. The van der Waals surface area contributed by atoms with Gasteiger partial charge in [0.25, 0.3) is 0 Å². The molecule has 0 aliphatic heterocycles. The number of aromatic nitrogens is 1. The highest BCUT2D eigenvalue weighted by Gasteiger charge is 2.16. The van der Waals surface area contributed by atoms with Gasteiger partial charge in [0.05, 0.1) is 5.52 Å². The molecule has 1 aromatic heterocycles. The molecule has 0 bridgehead atoms. The van der Waals surface area contributed by atoms with Crippen LogP contribution in [0.15, 0.2) is 29.4 Å². The number of guanidine groups is 1. The number of nitrogens with two attached hydrogens (primary N) is 1. The lowest BCUT2D eigenvalue weighted by Gasteiger charge is -2.23. The zero-order valence-electron chi connectivity index (χ0n) is 13.4. The first-order valence-corrected chi connectivity index (χ1v) is 7.91. The van der Waals surface area contributed by atoms with Crippen LogP contribution in [0.1, 0.15) is 24.8 Å². The molecule has 0 unspecified atom stereocenters. The fourth-order valence-electron chi connectivity index (χ4n) is 2.92. The van der Waals surface area contributed by atoms with E-state index in [2.05, 4.69) is 10.3 Å². The molecule has 1 fully saturated rings. The summed E-state index contributed by atoms with van der Waals surface area (Å²) in [4.78, 5) is 4.39. The average molecular weight is 430 g/mol. The molecule has 0 saturated heterocycles. The molecule has 126 valence electrons. The van der Waals surface area contributed by atoms with Gasteiger partial charge in [0.15, 0.2) is 5.96 Å². The molecule has 1 saturated carbocycles. The van der Waals surface area contributed by atoms with E-state index in [1.165, 1.54) is 30.9 Å². The van der Waals surface area contributed by atoms with Crippen LogP contribution in [0.4, 0.5) is 4.39 Å². The Balaban J connectivity index is 0.00000192. The zero-order chi connectivity index (χ0) is 15.5. The molecular formula is C17H24FIN4. The summed E-state index contributed by atoms with van der Waals surface area (Å²) in [7, 11) is 1.94. The highest BCUT2D eigenvalue weighted by Crippen LogP contribution is 2.26. The summed E-state index contributed by atoms with van der Waals surface area (Å²) in [6, 6.07) is 4.92. The molecule has 6 heteroatoms. The molecule has 4 nitrogen and oxygen atoms in total. The van der Waals surface area contributed by atoms with Gasteiger partial charge in [-0.1, -0.05) is 6.42 Å². The van der Waals surface area contributed by atoms with Crippen LogP contribution in [0.5, 0.6) is 0 Å². The quantitative estimate of drug-likeness (QED) is 0.435. The number of rotatable bonds is 5. The molecule has 3 rings (SSSR count). The molecule has 0 amide bonds. The van der Waals surface area contributed by atoms with Crippen molar-refractivity contribution in [2.24, 2.45) is 23.7 Å². The third-order valence-electron chi connectivity index (χ3n) is 4.48. The van der Waals surface area contributed by atoms with Crippen molar-refractivity contribution >= 4 is 40.8 Å². The molecule has 23 heavy (non-hydrogen) atoms. The number of hydrogen-bond acceptors (Lipinski definition) is 1. The molecule has 1 aromatic carbocycles. The standard InChI is InChI=1S/C17H23FN4.HI/c1-22-11-13(15-6-5-14(18)9-16(15)22)7-8-20-17(19)21-10-12-3-2-4-12;/h5-6,9,11-12H,2-4,7-8,10H2,1H3,(H3,19,20,21);1H. The second kappa shape index (κ2) is 7.99. The number of hydrogen-bond donors (Lipinski definition) is 2. The van der Waals surface area contributed by atoms with Gasteiger partial charge in [-0.3, -0.25) is 4.99 Å². The van der Waals surface area contributed by atoms with E-state index in [0.29, 0.717) is 5.96 Å². The smallest absolute Gasteiger partial charge is 0.188 e. The number of fused-ring (bicyclic) bond motifs is 1. The van der Waals surface area contributed by atoms with Gasteiger partial charge < -0.3 is 15.6 Å². The monoisotopic (exact) mass is 430 g/mol. The van der Waals surface area contributed by atoms with Gasteiger partial charge >= 0.3 is 0 Å². The Labute approximate surface area is 153 Å². The summed E-state index contributed by atoms with van der Waals surface area (Å²) < 4.78 is 15.3. The van der Waals surface area contributed by atoms with Crippen molar-refractivity contribution in [2.45, 2.75) is 25.7 Å². The topological polar surface area (TPSA) is 55.3 Å². The van der Waals surface area contributed by atoms with Crippen molar-refractivity contribution in [3.05, 3.63) is 35.8 Å². The first-order valence-electron chi connectivity index (χ1n) is 7.91. The van der Waals surface area contributed by atoms with E-state index in [4.69, 9.17) is 5.73 Å². The predicted molar refractivity (Wildman–Crippen MR) is 104 cm³/mol. The van der Waals surface area contributed by atoms with Gasteiger partial charge in [0, 0.05) is 31.7 Å². The van der Waals surface area contributed by atoms with Gasteiger partial charge in [-0.25, -0.2) is 4.39 Å². The highest BCUT2D eigenvalue weighted by atomic mass is 127. The maximum Gasteiger partial charge on any atom is 0.188 e. The Morgan fingerprint density at radius 1 is 1.43 bits per heavy atom. The summed E-state index contributed by atoms with van der Waals surface area (Å²) in [5.74, 6) is 1.05. The van der Waals surface area contributed by atoms with Crippen LogP contribution in [0, 0.1) is 11.7 Å². The number of halogens is 2.